The molecule has 0 radical (unpaired) electrons. The number of thiazole rings is 1. The van der Waals surface area contributed by atoms with Crippen molar-refractivity contribution >= 4 is 34.7 Å². The Balaban J connectivity index is 0.846. The number of halogens is 1. The maximum atomic E-state index is 15.8. The number of carbonyl (C=O) groups is 3. The van der Waals surface area contributed by atoms with Gasteiger partial charge >= 0.3 is 0 Å². The van der Waals surface area contributed by atoms with E-state index in [4.69, 9.17) is 14.2 Å². The van der Waals surface area contributed by atoms with Crippen LogP contribution in [0.2, 0.25) is 0 Å². The van der Waals surface area contributed by atoms with Gasteiger partial charge in [0.1, 0.15) is 22.9 Å². The standard InChI is InChI=1S/C48H60FN5O7S/c1-33(2)46-50-39(31-62-46)47(58)54-24-27-61-48(32-54)19-22-52(23-20-48)28-38-14-9-13-35(43(38)49)17-25-59-26-18-42(57)53(29-37-12-7-6-10-34(37)3)21-8-4-5-11-36-15-16-40(55)44-45(36)60-30-41(56)51-44/h6-7,9-10,12-16,31,33,55H,4-5,8,11,17-30,32H2,1-3H3,(H,51,56). The van der Waals surface area contributed by atoms with Crippen molar-refractivity contribution in [1.82, 2.24) is 19.7 Å². The number of anilines is 1. The van der Waals surface area contributed by atoms with Gasteiger partial charge in [-0.05, 0) is 73.8 Å². The molecule has 14 heteroatoms. The number of phenols is 1. The minimum Gasteiger partial charge on any atom is -0.506 e. The number of morpholine rings is 1. The first-order chi connectivity index (χ1) is 30.0. The summed E-state index contributed by atoms with van der Waals surface area (Å²) in [6.45, 7) is 11.4. The zero-order valence-corrected chi connectivity index (χ0v) is 37.1. The molecule has 2 fully saturated rings. The van der Waals surface area contributed by atoms with Gasteiger partial charge in [-0.2, -0.15) is 0 Å². The number of amides is 3. The first-order valence-electron chi connectivity index (χ1n) is 22.0. The number of phenolic OH excluding ortho intramolecular Hbond substituents is 1. The summed E-state index contributed by atoms with van der Waals surface area (Å²) in [6, 6.07) is 17.0. The maximum Gasteiger partial charge on any atom is 0.273 e. The predicted molar refractivity (Wildman–Crippen MR) is 237 cm³/mol. The van der Waals surface area contributed by atoms with Crippen LogP contribution in [0.5, 0.6) is 11.5 Å². The minimum absolute atomic E-state index is 0.0131. The molecule has 3 amide bonds. The summed E-state index contributed by atoms with van der Waals surface area (Å²) >= 11 is 1.53. The van der Waals surface area contributed by atoms with Crippen LogP contribution in [0.25, 0.3) is 0 Å². The van der Waals surface area contributed by atoms with Gasteiger partial charge in [0.2, 0.25) is 5.91 Å². The molecule has 2 saturated heterocycles. The highest BCUT2D eigenvalue weighted by Crippen LogP contribution is 2.40. The third kappa shape index (κ3) is 11.4. The Bertz CT molecular complexity index is 2190. The number of hydrogen-bond donors (Lipinski definition) is 2. The van der Waals surface area contributed by atoms with Crippen molar-refractivity contribution in [1.29, 1.82) is 0 Å². The molecule has 0 atom stereocenters. The van der Waals surface area contributed by atoms with Crippen molar-refractivity contribution in [3.63, 3.8) is 0 Å². The molecule has 3 aromatic carbocycles. The second-order valence-corrected chi connectivity index (χ2v) is 18.0. The molecule has 7 rings (SSSR count). The lowest BCUT2D eigenvalue weighted by molar-refractivity contribution is -0.133. The summed E-state index contributed by atoms with van der Waals surface area (Å²) in [7, 11) is 0. The lowest BCUT2D eigenvalue weighted by Gasteiger charge is -2.47. The summed E-state index contributed by atoms with van der Waals surface area (Å²) in [4.78, 5) is 49.3. The molecule has 4 heterocycles. The number of ether oxygens (including phenoxy) is 3. The van der Waals surface area contributed by atoms with Crippen LogP contribution in [0.3, 0.4) is 0 Å². The molecular formula is C48H60FN5O7S. The number of rotatable bonds is 18. The third-order valence-electron chi connectivity index (χ3n) is 12.2. The molecule has 0 saturated carbocycles. The molecule has 332 valence electrons. The van der Waals surface area contributed by atoms with Crippen molar-refractivity contribution in [2.75, 3.05) is 64.5 Å². The molecule has 62 heavy (non-hydrogen) atoms. The third-order valence-corrected chi connectivity index (χ3v) is 13.4. The molecule has 0 bridgehead atoms. The van der Waals surface area contributed by atoms with Crippen LogP contribution in [-0.2, 0) is 45.0 Å². The SMILES string of the molecule is Cc1ccccc1CN(CCCCCc1ccc(O)c2c1OCC(=O)N2)C(=O)CCOCCc1cccc(CN2CCC3(CC2)CN(C(=O)c2csc(C(C)C)n2)CCO3)c1F. The number of piperidine rings is 1. The van der Waals surface area contributed by atoms with E-state index in [0.717, 1.165) is 66.9 Å². The zero-order valence-electron chi connectivity index (χ0n) is 36.3. The van der Waals surface area contributed by atoms with E-state index in [2.05, 4.69) is 48.1 Å². The predicted octanol–water partition coefficient (Wildman–Crippen LogP) is 7.65. The molecule has 2 N–H and O–H groups in total. The molecule has 0 unspecified atom stereocenters. The number of aryl methyl sites for hydroxylation is 2. The van der Waals surface area contributed by atoms with Crippen LogP contribution >= 0.6 is 11.3 Å². The van der Waals surface area contributed by atoms with Gasteiger partial charge in [-0.3, -0.25) is 19.3 Å². The highest BCUT2D eigenvalue weighted by atomic mass is 32.1. The van der Waals surface area contributed by atoms with Crippen molar-refractivity contribution in [2.24, 2.45) is 0 Å². The van der Waals surface area contributed by atoms with Gasteiger partial charge in [-0.25, -0.2) is 9.37 Å². The second-order valence-electron chi connectivity index (χ2n) is 17.1. The topological polar surface area (TPSA) is 134 Å². The smallest absolute Gasteiger partial charge is 0.273 e. The van der Waals surface area contributed by atoms with Crippen molar-refractivity contribution < 1.29 is 38.1 Å². The summed E-state index contributed by atoms with van der Waals surface area (Å²) in [6.07, 6.45) is 5.42. The van der Waals surface area contributed by atoms with E-state index in [1.165, 1.54) is 11.3 Å². The van der Waals surface area contributed by atoms with Crippen molar-refractivity contribution in [3.05, 3.63) is 104 Å². The minimum atomic E-state index is -0.396. The number of nitrogens with zero attached hydrogens (tertiary/aromatic N) is 4. The summed E-state index contributed by atoms with van der Waals surface area (Å²) in [5.74, 6) is 0.266. The van der Waals surface area contributed by atoms with E-state index in [1.807, 2.05) is 45.5 Å². The highest BCUT2D eigenvalue weighted by Gasteiger charge is 2.41. The summed E-state index contributed by atoms with van der Waals surface area (Å²) in [5.41, 5.74) is 4.84. The second kappa shape index (κ2) is 21.0. The number of aromatic hydroxyl groups is 1. The highest BCUT2D eigenvalue weighted by molar-refractivity contribution is 7.09. The van der Waals surface area contributed by atoms with E-state index in [1.54, 1.807) is 12.1 Å². The summed E-state index contributed by atoms with van der Waals surface area (Å²) < 4.78 is 33.7. The number of benzene rings is 3. The van der Waals surface area contributed by atoms with Crippen LogP contribution in [0, 0.1) is 12.7 Å². The first-order valence-corrected chi connectivity index (χ1v) is 22.9. The van der Waals surface area contributed by atoms with Gasteiger partial charge < -0.3 is 34.4 Å². The Morgan fingerprint density at radius 3 is 2.56 bits per heavy atom. The van der Waals surface area contributed by atoms with Gasteiger partial charge in [0, 0.05) is 56.1 Å². The van der Waals surface area contributed by atoms with Crippen molar-refractivity contribution in [2.45, 2.75) is 96.7 Å². The maximum absolute atomic E-state index is 15.8. The van der Waals surface area contributed by atoms with Crippen LogP contribution < -0.4 is 10.1 Å². The Kier molecular flexibility index (Phi) is 15.3. The van der Waals surface area contributed by atoms with Gasteiger partial charge in [-0.15, -0.1) is 11.3 Å². The monoisotopic (exact) mass is 869 g/mol. The van der Waals surface area contributed by atoms with Crippen LogP contribution in [0.1, 0.15) is 102 Å². The number of unbranched alkanes of at least 4 members (excludes halogenated alkanes) is 2. The van der Waals surface area contributed by atoms with Crippen LogP contribution in [-0.4, -0.2) is 107 Å². The Labute approximate surface area is 368 Å². The van der Waals surface area contributed by atoms with Gasteiger partial charge in [0.25, 0.3) is 11.8 Å². The van der Waals surface area contributed by atoms with Crippen LogP contribution in [0.4, 0.5) is 10.1 Å². The number of hydrogen-bond acceptors (Lipinski definition) is 10. The first kappa shape index (κ1) is 45.1. The molecule has 1 spiro atoms. The zero-order chi connectivity index (χ0) is 43.6. The molecule has 12 nitrogen and oxygen atoms in total. The van der Waals surface area contributed by atoms with Gasteiger partial charge in [-0.1, -0.05) is 68.8 Å². The normalized spacial score (nSPS) is 16.3. The fourth-order valence-corrected chi connectivity index (χ4v) is 9.34. The molecule has 4 aromatic rings. The molecule has 0 aliphatic carbocycles. The fraction of sp³-hybridized carbons (Fsp3) is 0.500. The average molecular weight is 870 g/mol. The number of fused-ring (bicyclic) bond motifs is 1. The average Bonchev–Trinajstić information content (AvgIpc) is 3.77. The number of nitrogens with one attached hydrogen (secondary N) is 1. The van der Waals surface area contributed by atoms with Crippen LogP contribution in [0.15, 0.2) is 60.0 Å². The lowest BCUT2D eigenvalue weighted by Crippen LogP contribution is -2.58. The Hall–Kier alpha value is -4.89. The Morgan fingerprint density at radius 1 is 0.984 bits per heavy atom. The lowest BCUT2D eigenvalue weighted by atomic mass is 9.89. The van der Waals surface area contributed by atoms with E-state index in [0.29, 0.717) is 87.0 Å². The fourth-order valence-electron chi connectivity index (χ4n) is 8.53. The Morgan fingerprint density at radius 2 is 1.77 bits per heavy atom. The van der Waals surface area contributed by atoms with E-state index in [9.17, 15) is 19.5 Å². The summed E-state index contributed by atoms with van der Waals surface area (Å²) in [5, 5.41) is 15.7. The largest absolute Gasteiger partial charge is 0.506 e. The molecule has 1 aromatic heterocycles. The van der Waals surface area contributed by atoms with E-state index < -0.39 is 5.60 Å². The van der Waals surface area contributed by atoms with Gasteiger partial charge in [0.05, 0.1) is 43.4 Å². The number of likely N-dealkylation sites (tertiary alicyclic amines) is 1. The van der Waals surface area contributed by atoms with Crippen molar-refractivity contribution in [3.8, 4) is 11.5 Å². The molecule has 3 aliphatic rings. The number of aromatic nitrogens is 1. The quantitative estimate of drug-likeness (QED) is 0.0765. The molecule has 3 aliphatic heterocycles. The number of carbonyl (C=O) groups excluding carboxylic acids is 3. The van der Waals surface area contributed by atoms with E-state index >= 15 is 4.39 Å². The van der Waals surface area contributed by atoms with E-state index in [-0.39, 0.29) is 54.8 Å². The van der Waals surface area contributed by atoms with Gasteiger partial charge in [0.15, 0.2) is 12.4 Å². The molecular weight excluding hydrogens is 810 g/mol.